The topological polar surface area (TPSA) is 29.5 Å². The van der Waals surface area contributed by atoms with Crippen molar-refractivity contribution in [2.75, 3.05) is 6.61 Å². The summed E-state index contributed by atoms with van der Waals surface area (Å²) in [6, 6.07) is 7.85. The zero-order chi connectivity index (χ0) is 13.9. The van der Waals surface area contributed by atoms with Gasteiger partial charge in [0.25, 0.3) is 0 Å². The van der Waals surface area contributed by atoms with Crippen molar-refractivity contribution < 1.29 is 9.84 Å². The highest BCUT2D eigenvalue weighted by molar-refractivity contribution is 5.28. The number of aliphatic hydroxyl groups excluding tert-OH is 1. The van der Waals surface area contributed by atoms with E-state index in [1.165, 1.54) is 25.7 Å². The largest absolute Gasteiger partial charge is 0.494 e. The maximum absolute atomic E-state index is 10.1. The Morgan fingerprint density at radius 1 is 0.947 bits per heavy atom. The molecule has 1 atom stereocenters. The first-order valence-corrected chi connectivity index (χ1v) is 7.68. The van der Waals surface area contributed by atoms with Gasteiger partial charge in [-0.25, -0.2) is 0 Å². The van der Waals surface area contributed by atoms with Crippen molar-refractivity contribution in [3.05, 3.63) is 29.8 Å². The van der Waals surface area contributed by atoms with Crippen molar-refractivity contribution in [1.29, 1.82) is 0 Å². The lowest BCUT2D eigenvalue weighted by atomic mass is 10.0. The molecular formula is C17H28O2. The summed E-state index contributed by atoms with van der Waals surface area (Å²) in [5.41, 5.74) is 0.999. The van der Waals surface area contributed by atoms with E-state index < -0.39 is 0 Å². The van der Waals surface area contributed by atoms with E-state index in [2.05, 4.69) is 13.8 Å². The Kier molecular flexibility index (Phi) is 8.31. The van der Waals surface area contributed by atoms with Crippen molar-refractivity contribution in [3.63, 3.8) is 0 Å². The third-order valence-electron chi connectivity index (χ3n) is 3.32. The van der Waals surface area contributed by atoms with Crippen LogP contribution in [0.3, 0.4) is 0 Å². The molecule has 0 aliphatic heterocycles. The Morgan fingerprint density at radius 2 is 1.63 bits per heavy atom. The van der Waals surface area contributed by atoms with Crippen LogP contribution >= 0.6 is 0 Å². The second-order valence-electron chi connectivity index (χ2n) is 5.14. The van der Waals surface area contributed by atoms with E-state index in [0.717, 1.165) is 37.2 Å². The standard InChI is InChI=1S/C17H28O2/c1-3-5-6-7-8-9-17(18)15-10-12-16(13-11-15)19-14-4-2/h10-13,17-18H,3-9,14H2,1-2H3. The van der Waals surface area contributed by atoms with E-state index in [1.54, 1.807) is 0 Å². The Balaban J connectivity index is 2.29. The quantitative estimate of drug-likeness (QED) is 0.611. The molecule has 1 aromatic rings. The lowest BCUT2D eigenvalue weighted by Gasteiger charge is -2.12. The van der Waals surface area contributed by atoms with Crippen LogP contribution in [0, 0.1) is 0 Å². The molecule has 1 aromatic carbocycles. The number of benzene rings is 1. The number of unbranched alkanes of at least 4 members (excludes halogenated alkanes) is 4. The Bertz CT molecular complexity index is 319. The number of rotatable bonds is 10. The fourth-order valence-electron chi connectivity index (χ4n) is 2.11. The van der Waals surface area contributed by atoms with E-state index >= 15 is 0 Å². The SMILES string of the molecule is CCCCCCCC(O)c1ccc(OCCC)cc1. The fourth-order valence-corrected chi connectivity index (χ4v) is 2.11. The molecule has 108 valence electrons. The molecule has 0 aliphatic rings. The Labute approximate surface area is 117 Å². The predicted molar refractivity (Wildman–Crippen MR) is 80.6 cm³/mol. The molecule has 1 rings (SSSR count). The molecule has 1 unspecified atom stereocenters. The van der Waals surface area contributed by atoms with Crippen molar-refractivity contribution in [1.82, 2.24) is 0 Å². The van der Waals surface area contributed by atoms with Crippen LogP contribution in [0.2, 0.25) is 0 Å². The van der Waals surface area contributed by atoms with Crippen LogP contribution in [0.15, 0.2) is 24.3 Å². The van der Waals surface area contributed by atoms with Gasteiger partial charge >= 0.3 is 0 Å². The maximum Gasteiger partial charge on any atom is 0.119 e. The smallest absolute Gasteiger partial charge is 0.119 e. The van der Waals surface area contributed by atoms with Gasteiger partial charge in [-0.3, -0.25) is 0 Å². The van der Waals surface area contributed by atoms with Gasteiger partial charge in [-0.05, 0) is 30.5 Å². The highest BCUT2D eigenvalue weighted by Crippen LogP contribution is 2.22. The fraction of sp³-hybridized carbons (Fsp3) is 0.647. The third kappa shape index (κ3) is 6.63. The number of ether oxygens (including phenoxy) is 1. The molecule has 0 aliphatic carbocycles. The van der Waals surface area contributed by atoms with E-state index in [1.807, 2.05) is 24.3 Å². The van der Waals surface area contributed by atoms with Gasteiger partial charge < -0.3 is 9.84 Å². The van der Waals surface area contributed by atoms with Crippen LogP contribution in [0.5, 0.6) is 5.75 Å². The molecule has 2 nitrogen and oxygen atoms in total. The second kappa shape index (κ2) is 9.85. The molecule has 0 bridgehead atoms. The van der Waals surface area contributed by atoms with Gasteiger partial charge in [0.2, 0.25) is 0 Å². The molecule has 0 radical (unpaired) electrons. The van der Waals surface area contributed by atoms with Crippen LogP contribution < -0.4 is 4.74 Å². The summed E-state index contributed by atoms with van der Waals surface area (Å²) in [6.07, 6.45) is 7.73. The summed E-state index contributed by atoms with van der Waals surface area (Å²) < 4.78 is 5.53. The molecule has 0 aromatic heterocycles. The van der Waals surface area contributed by atoms with Gasteiger partial charge in [0.05, 0.1) is 12.7 Å². The van der Waals surface area contributed by atoms with Gasteiger partial charge in [0.15, 0.2) is 0 Å². The summed E-state index contributed by atoms with van der Waals surface area (Å²) in [4.78, 5) is 0. The number of hydrogen-bond donors (Lipinski definition) is 1. The van der Waals surface area contributed by atoms with Crippen molar-refractivity contribution in [2.24, 2.45) is 0 Å². The molecule has 0 saturated carbocycles. The molecule has 19 heavy (non-hydrogen) atoms. The molecule has 0 saturated heterocycles. The first-order chi connectivity index (χ1) is 9.27. The Morgan fingerprint density at radius 3 is 2.26 bits per heavy atom. The molecular weight excluding hydrogens is 236 g/mol. The number of aliphatic hydroxyl groups is 1. The third-order valence-corrected chi connectivity index (χ3v) is 3.32. The van der Waals surface area contributed by atoms with Gasteiger partial charge in [-0.1, -0.05) is 58.1 Å². The molecule has 2 heteroatoms. The summed E-state index contributed by atoms with van der Waals surface area (Å²) >= 11 is 0. The lowest BCUT2D eigenvalue weighted by Crippen LogP contribution is -1.99. The first kappa shape index (κ1) is 16.0. The minimum atomic E-state index is -0.332. The average molecular weight is 264 g/mol. The van der Waals surface area contributed by atoms with E-state index in [9.17, 15) is 5.11 Å². The van der Waals surface area contributed by atoms with E-state index in [-0.39, 0.29) is 6.10 Å². The van der Waals surface area contributed by atoms with Gasteiger partial charge in [-0.2, -0.15) is 0 Å². The van der Waals surface area contributed by atoms with E-state index in [4.69, 9.17) is 4.74 Å². The zero-order valence-corrected chi connectivity index (χ0v) is 12.4. The predicted octanol–water partition coefficient (Wildman–Crippen LogP) is 4.87. The van der Waals surface area contributed by atoms with Crippen LogP contribution in [0.4, 0.5) is 0 Å². The monoisotopic (exact) mass is 264 g/mol. The van der Waals surface area contributed by atoms with Gasteiger partial charge in [0.1, 0.15) is 5.75 Å². The summed E-state index contributed by atoms with van der Waals surface area (Å²) in [5, 5.41) is 10.1. The van der Waals surface area contributed by atoms with Crippen LogP contribution in [0.1, 0.15) is 70.5 Å². The summed E-state index contributed by atoms with van der Waals surface area (Å²) in [7, 11) is 0. The molecule has 0 amide bonds. The molecule has 0 heterocycles. The highest BCUT2D eigenvalue weighted by Gasteiger charge is 2.07. The van der Waals surface area contributed by atoms with Crippen LogP contribution in [0.25, 0.3) is 0 Å². The molecule has 0 spiro atoms. The highest BCUT2D eigenvalue weighted by atomic mass is 16.5. The Hall–Kier alpha value is -1.02. The summed E-state index contributed by atoms with van der Waals surface area (Å²) in [5.74, 6) is 0.890. The number of hydrogen-bond acceptors (Lipinski definition) is 2. The maximum atomic E-state index is 10.1. The molecule has 1 N–H and O–H groups in total. The van der Waals surface area contributed by atoms with Gasteiger partial charge in [-0.15, -0.1) is 0 Å². The minimum Gasteiger partial charge on any atom is -0.494 e. The van der Waals surface area contributed by atoms with Gasteiger partial charge in [0, 0.05) is 0 Å². The van der Waals surface area contributed by atoms with Crippen LogP contribution in [-0.2, 0) is 0 Å². The minimum absolute atomic E-state index is 0.332. The summed E-state index contributed by atoms with van der Waals surface area (Å²) in [6.45, 7) is 5.06. The van der Waals surface area contributed by atoms with Crippen molar-refractivity contribution in [3.8, 4) is 5.75 Å². The second-order valence-corrected chi connectivity index (χ2v) is 5.14. The molecule has 0 fully saturated rings. The van der Waals surface area contributed by atoms with Crippen molar-refractivity contribution >= 4 is 0 Å². The average Bonchev–Trinajstić information content (AvgIpc) is 2.45. The van der Waals surface area contributed by atoms with Crippen LogP contribution in [-0.4, -0.2) is 11.7 Å². The van der Waals surface area contributed by atoms with E-state index in [0.29, 0.717) is 0 Å². The first-order valence-electron chi connectivity index (χ1n) is 7.68. The zero-order valence-electron chi connectivity index (χ0n) is 12.4. The normalized spacial score (nSPS) is 12.4. The van der Waals surface area contributed by atoms with Crippen molar-refractivity contribution in [2.45, 2.75) is 64.9 Å². The lowest BCUT2D eigenvalue weighted by molar-refractivity contribution is 0.163.